The molecule has 100 valence electrons. The number of nitrogens with one attached hydrogen (secondary N) is 1. The predicted molar refractivity (Wildman–Crippen MR) is 82.1 cm³/mol. The Balaban J connectivity index is 2.19. The van der Waals surface area contributed by atoms with Crippen LogP contribution in [0.1, 0.15) is 0 Å². The minimum atomic E-state index is -0.0378. The maximum absolute atomic E-state index is 11.2. The van der Waals surface area contributed by atoms with Crippen LogP contribution in [-0.2, 0) is 4.79 Å². The summed E-state index contributed by atoms with van der Waals surface area (Å²) in [6.07, 6.45) is 0. The Morgan fingerprint density at radius 2 is 2.21 bits per heavy atom. The van der Waals surface area contributed by atoms with Crippen LogP contribution >= 0.6 is 46.9 Å². The molecule has 2 rings (SSSR count). The van der Waals surface area contributed by atoms with Gasteiger partial charge in [0.05, 0.1) is 11.4 Å². The van der Waals surface area contributed by atoms with Crippen molar-refractivity contribution in [3.63, 3.8) is 0 Å². The van der Waals surface area contributed by atoms with Crippen LogP contribution in [0, 0.1) is 3.95 Å². The van der Waals surface area contributed by atoms with Crippen LogP contribution in [0.4, 0.5) is 0 Å². The van der Waals surface area contributed by atoms with E-state index in [4.69, 9.17) is 23.8 Å². The fourth-order valence-corrected chi connectivity index (χ4v) is 3.62. The molecule has 0 spiro atoms. The summed E-state index contributed by atoms with van der Waals surface area (Å²) < 4.78 is 3.08. The first kappa shape index (κ1) is 14.5. The smallest absolute Gasteiger partial charge is 0.230 e. The maximum atomic E-state index is 11.2. The highest BCUT2D eigenvalue weighted by Gasteiger charge is 2.08. The number of amides is 1. The first-order valence-corrected chi connectivity index (χ1v) is 7.88. The Morgan fingerprint density at radius 1 is 1.53 bits per heavy atom. The van der Waals surface area contributed by atoms with Crippen molar-refractivity contribution in [1.29, 1.82) is 0 Å². The van der Waals surface area contributed by atoms with Gasteiger partial charge in [-0.1, -0.05) is 34.7 Å². The molecule has 0 aliphatic carbocycles. The van der Waals surface area contributed by atoms with E-state index in [9.17, 15) is 4.79 Å². The normalized spacial score (nSPS) is 10.4. The zero-order chi connectivity index (χ0) is 13.8. The second-order valence-electron chi connectivity index (χ2n) is 3.48. The van der Waals surface area contributed by atoms with Crippen molar-refractivity contribution in [2.24, 2.45) is 0 Å². The number of carbonyl (C=O) groups excluding carboxylic acids is 1. The van der Waals surface area contributed by atoms with Gasteiger partial charge in [0, 0.05) is 12.1 Å². The fourth-order valence-electron chi connectivity index (χ4n) is 1.26. The van der Waals surface area contributed by atoms with Crippen LogP contribution < -0.4 is 5.32 Å². The summed E-state index contributed by atoms with van der Waals surface area (Å²) in [6.45, 7) is 0. The Morgan fingerprint density at radius 3 is 2.84 bits per heavy atom. The third-order valence-electron chi connectivity index (χ3n) is 2.21. The zero-order valence-corrected chi connectivity index (χ0v) is 13.1. The number of thioether (sulfide) groups is 1. The Hall–Kier alpha value is -0.890. The number of halogens is 1. The van der Waals surface area contributed by atoms with E-state index >= 15 is 0 Å². The van der Waals surface area contributed by atoms with Gasteiger partial charge in [-0.2, -0.15) is 0 Å². The SMILES string of the molecule is CNC(=O)CSc1nn(-c2ccc(Cl)cc2)c(=S)s1. The lowest BCUT2D eigenvalue weighted by atomic mass is 10.3. The summed E-state index contributed by atoms with van der Waals surface area (Å²) in [5, 5.41) is 7.62. The van der Waals surface area contributed by atoms with E-state index in [2.05, 4.69) is 10.4 Å². The van der Waals surface area contributed by atoms with Gasteiger partial charge < -0.3 is 5.32 Å². The molecule has 0 aliphatic rings. The molecule has 4 nitrogen and oxygen atoms in total. The molecular weight excluding hydrogens is 322 g/mol. The monoisotopic (exact) mass is 331 g/mol. The third kappa shape index (κ3) is 3.79. The van der Waals surface area contributed by atoms with Gasteiger partial charge >= 0.3 is 0 Å². The largest absolute Gasteiger partial charge is 0.358 e. The van der Waals surface area contributed by atoms with E-state index in [1.54, 1.807) is 23.9 Å². The Bertz CT molecular complexity index is 635. The predicted octanol–water partition coefficient (Wildman–Crippen LogP) is 3.15. The molecular formula is C11H10ClN3OS3. The van der Waals surface area contributed by atoms with E-state index in [0.717, 1.165) is 10.0 Å². The Labute approximate surface area is 128 Å². The van der Waals surface area contributed by atoms with Crippen molar-refractivity contribution in [2.45, 2.75) is 4.34 Å². The van der Waals surface area contributed by atoms with Gasteiger partial charge in [-0.15, -0.1) is 5.10 Å². The average Bonchev–Trinajstić information content (AvgIpc) is 2.78. The highest BCUT2D eigenvalue weighted by molar-refractivity contribution is 8.01. The van der Waals surface area contributed by atoms with Crippen molar-refractivity contribution in [3.05, 3.63) is 33.2 Å². The molecule has 2 aromatic rings. The molecule has 0 saturated heterocycles. The van der Waals surface area contributed by atoms with E-state index in [1.807, 2.05) is 12.1 Å². The minimum Gasteiger partial charge on any atom is -0.358 e. The number of rotatable bonds is 4. The summed E-state index contributed by atoms with van der Waals surface area (Å²) in [5.41, 5.74) is 0.859. The summed E-state index contributed by atoms with van der Waals surface area (Å²) in [4.78, 5) is 11.2. The quantitative estimate of drug-likeness (QED) is 0.690. The molecule has 0 unspecified atom stereocenters. The van der Waals surface area contributed by atoms with Crippen molar-refractivity contribution >= 4 is 52.8 Å². The Kier molecular flexibility index (Phi) is 4.98. The number of hydrogen-bond acceptors (Lipinski definition) is 5. The average molecular weight is 332 g/mol. The molecule has 1 N–H and O–H groups in total. The van der Waals surface area contributed by atoms with Crippen LogP contribution in [-0.4, -0.2) is 28.5 Å². The van der Waals surface area contributed by atoms with Gasteiger partial charge in [0.15, 0.2) is 8.29 Å². The molecule has 1 aromatic heterocycles. The third-order valence-corrected chi connectivity index (χ3v) is 4.82. The van der Waals surface area contributed by atoms with E-state index < -0.39 is 0 Å². The first-order valence-electron chi connectivity index (χ1n) is 5.29. The maximum Gasteiger partial charge on any atom is 0.230 e. The lowest BCUT2D eigenvalue weighted by Gasteiger charge is -2.00. The van der Waals surface area contributed by atoms with Gasteiger partial charge in [0.25, 0.3) is 0 Å². The second-order valence-corrected chi connectivity index (χ2v) is 6.77. The molecule has 0 saturated carbocycles. The molecule has 0 aliphatic heterocycles. The lowest BCUT2D eigenvalue weighted by molar-refractivity contribution is -0.118. The molecule has 19 heavy (non-hydrogen) atoms. The topological polar surface area (TPSA) is 46.9 Å². The highest BCUT2D eigenvalue weighted by atomic mass is 35.5. The molecule has 0 atom stereocenters. The molecule has 1 aromatic carbocycles. The van der Waals surface area contributed by atoms with Gasteiger partial charge in [0.2, 0.25) is 5.91 Å². The summed E-state index contributed by atoms with van der Waals surface area (Å²) in [6, 6.07) is 7.28. The van der Waals surface area contributed by atoms with Crippen LogP contribution in [0.3, 0.4) is 0 Å². The molecule has 1 amide bonds. The van der Waals surface area contributed by atoms with Gasteiger partial charge in [-0.3, -0.25) is 4.79 Å². The first-order chi connectivity index (χ1) is 9.10. The number of hydrogen-bond donors (Lipinski definition) is 1. The van der Waals surface area contributed by atoms with E-state index in [0.29, 0.717) is 14.7 Å². The molecule has 8 heteroatoms. The van der Waals surface area contributed by atoms with Crippen LogP contribution in [0.5, 0.6) is 0 Å². The summed E-state index contributed by atoms with van der Waals surface area (Å²) in [7, 11) is 1.61. The van der Waals surface area contributed by atoms with Crippen molar-refractivity contribution in [2.75, 3.05) is 12.8 Å². The number of carbonyl (C=O) groups is 1. The van der Waals surface area contributed by atoms with Gasteiger partial charge in [-0.05, 0) is 36.5 Å². The number of aromatic nitrogens is 2. The standard InChI is InChI=1S/C11H10ClN3OS3/c1-13-9(16)6-18-10-14-15(11(17)19-10)8-4-2-7(12)3-5-8/h2-5H,6H2,1H3,(H,13,16). The fraction of sp³-hybridized carbons (Fsp3) is 0.182. The van der Waals surface area contributed by atoms with E-state index in [-0.39, 0.29) is 5.91 Å². The lowest BCUT2D eigenvalue weighted by Crippen LogP contribution is -2.19. The molecule has 0 radical (unpaired) electrons. The minimum absolute atomic E-state index is 0.0378. The molecule has 0 fully saturated rings. The summed E-state index contributed by atoms with van der Waals surface area (Å²) >= 11 is 13.9. The zero-order valence-electron chi connectivity index (χ0n) is 9.92. The van der Waals surface area contributed by atoms with Gasteiger partial charge in [0.1, 0.15) is 0 Å². The molecule has 1 heterocycles. The van der Waals surface area contributed by atoms with Crippen molar-refractivity contribution in [1.82, 2.24) is 15.1 Å². The number of nitrogens with zero attached hydrogens (tertiary/aromatic N) is 2. The van der Waals surface area contributed by atoms with Crippen LogP contribution in [0.25, 0.3) is 5.69 Å². The molecule has 0 bridgehead atoms. The number of benzene rings is 1. The van der Waals surface area contributed by atoms with Crippen molar-refractivity contribution < 1.29 is 4.79 Å². The second kappa shape index (κ2) is 6.51. The van der Waals surface area contributed by atoms with Gasteiger partial charge in [-0.25, -0.2) is 4.68 Å². The van der Waals surface area contributed by atoms with E-state index in [1.165, 1.54) is 23.1 Å². The highest BCUT2D eigenvalue weighted by Crippen LogP contribution is 2.24. The van der Waals surface area contributed by atoms with Crippen LogP contribution in [0.15, 0.2) is 28.6 Å². The van der Waals surface area contributed by atoms with Crippen molar-refractivity contribution in [3.8, 4) is 5.69 Å². The summed E-state index contributed by atoms with van der Waals surface area (Å²) in [5.74, 6) is 0.295. The van der Waals surface area contributed by atoms with Crippen LogP contribution in [0.2, 0.25) is 5.02 Å².